The second-order valence-corrected chi connectivity index (χ2v) is 26.4. The molecule has 0 aliphatic heterocycles. The lowest BCUT2D eigenvalue weighted by atomic mass is 9.99. The van der Waals surface area contributed by atoms with E-state index in [0.29, 0.717) is 13.2 Å². The van der Waals surface area contributed by atoms with E-state index in [1.165, 1.54) is 61.8 Å². The smallest absolute Gasteiger partial charge is 0.335 e. The van der Waals surface area contributed by atoms with E-state index in [-0.39, 0.29) is 6.16 Å². The highest BCUT2D eigenvalue weighted by Gasteiger charge is 2.24. The van der Waals surface area contributed by atoms with Crippen LogP contribution in [0.25, 0.3) is 85.1 Å². The maximum atomic E-state index is 13.7. The Morgan fingerprint density at radius 1 is 0.385 bits per heavy atom. The molecule has 0 aliphatic carbocycles. The quantitative estimate of drug-likeness (QED) is 0.0173. The highest BCUT2D eigenvalue weighted by molar-refractivity contribution is 14.1. The Morgan fingerprint density at radius 2 is 0.725 bits per heavy atom. The Labute approximate surface area is 558 Å². The van der Waals surface area contributed by atoms with Crippen LogP contribution in [-0.2, 0) is 19.8 Å². The van der Waals surface area contributed by atoms with E-state index in [4.69, 9.17) is 18.5 Å². The van der Waals surface area contributed by atoms with Gasteiger partial charge in [0.1, 0.15) is 11.5 Å². The molecule has 0 atom stereocenters. The van der Waals surface area contributed by atoms with Gasteiger partial charge < -0.3 is 23.4 Å². The molecule has 0 saturated heterocycles. The molecule has 0 spiro atoms. The average Bonchev–Trinajstić information content (AvgIpc) is 1.90. The van der Waals surface area contributed by atoms with Gasteiger partial charge in [0.15, 0.2) is 0 Å². The minimum Gasteiger partial charge on any atom is -0.497 e. The van der Waals surface area contributed by atoms with Crippen LogP contribution in [0.1, 0.15) is 175 Å². The highest BCUT2D eigenvalue weighted by Crippen LogP contribution is 2.51. The molecular formula is C83H91INO5P. The molecule has 0 N–H and O–H groups in total. The van der Waals surface area contributed by atoms with Crippen LogP contribution in [0, 0.1) is 10.5 Å². The van der Waals surface area contributed by atoms with E-state index in [2.05, 4.69) is 292 Å². The van der Waals surface area contributed by atoms with Crippen molar-refractivity contribution in [3.8, 4) is 11.5 Å². The third kappa shape index (κ3) is 23.8. The Bertz CT molecular complexity index is 3820. The van der Waals surface area contributed by atoms with E-state index in [9.17, 15) is 4.57 Å². The largest absolute Gasteiger partial charge is 0.497 e. The molecule has 0 aromatic heterocycles. The van der Waals surface area contributed by atoms with Crippen LogP contribution in [-0.4, -0.2) is 40.0 Å². The summed E-state index contributed by atoms with van der Waals surface area (Å²) in [6, 6.07) is 60.6. The summed E-state index contributed by atoms with van der Waals surface area (Å²) in [7, 11) is -1.62. The summed E-state index contributed by atoms with van der Waals surface area (Å²) in [5.41, 5.74) is 18.6. The van der Waals surface area contributed by atoms with E-state index in [0.717, 1.165) is 119 Å². The molecule has 0 amide bonds. The van der Waals surface area contributed by atoms with Crippen LogP contribution in [0.3, 0.4) is 0 Å². The molecule has 91 heavy (non-hydrogen) atoms. The van der Waals surface area contributed by atoms with Gasteiger partial charge in [-0.15, -0.1) is 0 Å². The van der Waals surface area contributed by atoms with Gasteiger partial charge in [-0.05, 0) is 249 Å². The molecule has 0 aliphatic rings. The Morgan fingerprint density at radius 3 is 1.09 bits per heavy atom. The lowest BCUT2D eigenvalue weighted by Gasteiger charge is -2.24. The topological polar surface area (TPSA) is 57.2 Å². The fourth-order valence-corrected chi connectivity index (χ4v) is 13.0. The number of methoxy groups -OCH3 is 1. The molecule has 0 fully saturated rings. The predicted octanol–water partition coefficient (Wildman–Crippen LogP) is 23.9. The Hall–Kier alpha value is -7.78. The molecule has 0 unspecified atom stereocenters. The first-order valence-corrected chi connectivity index (χ1v) is 35.4. The molecule has 0 heterocycles. The van der Waals surface area contributed by atoms with Crippen LogP contribution in [0.15, 0.2) is 170 Å². The Kier molecular flexibility index (Phi) is 28.0. The molecule has 0 bridgehead atoms. The first kappa shape index (κ1) is 69.1. The van der Waals surface area contributed by atoms with E-state index >= 15 is 0 Å². The fraction of sp³-hybridized carbons (Fsp3) is 0.253. The first-order valence-electron chi connectivity index (χ1n) is 32.6. The van der Waals surface area contributed by atoms with Gasteiger partial charge in [0, 0.05) is 22.3 Å². The van der Waals surface area contributed by atoms with Crippen LogP contribution in [0.2, 0.25) is 0 Å². The third-order valence-electron chi connectivity index (χ3n) is 15.4. The average molecular weight is 1340 g/mol. The standard InChI is InChI=1S/C83H91INO5P/c1-8-13-16-17-50-88-83-46-40-68(41-47-83)25-29-72-52-71(28-24-67-38-44-82(87-7)45-39-67)55-74(56-72)31-33-76-57-75(58-77(59-76)34-35-78-60-79(62-80(84)61-78)63-91(86,89-11-4)90-12-5)32-30-73-53-69(26-22-65-20-18-64(6)19-21-65)51-70(54-73)27-23-66-36-42-81(43-37-66)85(48-14-9-2)49-15-10-3/h18-47,51-62H,8-17,48-50,63H2,1-7H3/b26-22+,27-23+,28-24+,29-25+,32-30+,33-31+,35-34+. The van der Waals surface area contributed by atoms with Crippen molar-refractivity contribution in [3.63, 3.8) is 0 Å². The molecule has 0 radical (unpaired) electrons. The van der Waals surface area contributed by atoms with Crippen LogP contribution < -0.4 is 14.4 Å². The van der Waals surface area contributed by atoms with Crippen molar-refractivity contribution >= 4 is 121 Å². The van der Waals surface area contributed by atoms with Gasteiger partial charge in [0.25, 0.3) is 0 Å². The lowest BCUT2D eigenvalue weighted by molar-refractivity contribution is 0.219. The molecular weight excluding hydrogens is 1250 g/mol. The number of anilines is 1. The summed E-state index contributed by atoms with van der Waals surface area (Å²) in [5.74, 6) is 1.72. The zero-order valence-electron chi connectivity index (χ0n) is 54.5. The number of hydrogen-bond acceptors (Lipinski definition) is 6. The molecule has 6 nitrogen and oxygen atoms in total. The SMILES string of the molecule is CCCCCCOc1ccc(/C=C/c2cc(/C=C/c3ccc(OC)cc3)cc(/C=C/c3cc(/C=C/c4cc(/C=C/c5ccc(C)cc5)cc(/C=C/c5ccc(N(CCCC)CCCC)cc5)c4)cc(/C=C/c4cc(I)cc(CP(=O)(OCC)OCC)c4)c3)c2)cc1. The minimum absolute atomic E-state index is 0.199. The van der Waals surface area contributed by atoms with Crippen LogP contribution >= 0.6 is 30.2 Å². The first-order chi connectivity index (χ1) is 44.4. The van der Waals surface area contributed by atoms with Gasteiger partial charge in [-0.1, -0.05) is 210 Å². The molecule has 8 aromatic rings. The molecule has 0 saturated carbocycles. The zero-order chi connectivity index (χ0) is 64.1. The summed E-state index contributed by atoms with van der Waals surface area (Å²) in [6.45, 7) is 16.1. The second-order valence-electron chi connectivity index (χ2n) is 23.1. The highest BCUT2D eigenvalue weighted by atomic mass is 127. The molecule has 8 heteroatoms. The van der Waals surface area contributed by atoms with Gasteiger partial charge in [-0.3, -0.25) is 4.57 Å². The summed E-state index contributed by atoms with van der Waals surface area (Å²) < 4.78 is 37.6. The number of rotatable bonds is 34. The second kappa shape index (κ2) is 36.9. The molecule has 470 valence electrons. The molecule has 8 rings (SSSR count). The number of halogens is 1. The van der Waals surface area contributed by atoms with Gasteiger partial charge in [-0.2, -0.15) is 0 Å². The van der Waals surface area contributed by atoms with Gasteiger partial charge in [0.05, 0.1) is 33.1 Å². The maximum absolute atomic E-state index is 13.7. The van der Waals surface area contributed by atoms with Crippen molar-refractivity contribution in [1.82, 2.24) is 0 Å². The van der Waals surface area contributed by atoms with Crippen molar-refractivity contribution in [3.05, 3.63) is 262 Å². The summed E-state index contributed by atoms with van der Waals surface area (Å²) >= 11 is 2.33. The number of ether oxygens (including phenoxy) is 2. The predicted molar refractivity (Wildman–Crippen MR) is 404 cm³/mol. The van der Waals surface area contributed by atoms with Crippen molar-refractivity contribution in [1.29, 1.82) is 0 Å². The minimum atomic E-state index is -3.31. The van der Waals surface area contributed by atoms with Gasteiger partial charge >= 0.3 is 7.60 Å². The number of nitrogens with zero attached hydrogens (tertiary/aromatic N) is 1. The lowest BCUT2D eigenvalue weighted by Crippen LogP contribution is -2.25. The van der Waals surface area contributed by atoms with Gasteiger partial charge in [-0.25, -0.2) is 0 Å². The normalized spacial score (nSPS) is 12.2. The summed E-state index contributed by atoms with van der Waals surface area (Å²) in [4.78, 5) is 2.54. The van der Waals surface area contributed by atoms with E-state index in [1.54, 1.807) is 7.11 Å². The fourth-order valence-electron chi connectivity index (χ4n) is 10.6. The Balaban J connectivity index is 1.15. The summed E-state index contributed by atoms with van der Waals surface area (Å²) in [6.07, 6.45) is 40.3. The number of hydrogen-bond donors (Lipinski definition) is 0. The van der Waals surface area contributed by atoms with Crippen molar-refractivity contribution in [2.24, 2.45) is 0 Å². The third-order valence-corrected chi connectivity index (χ3v) is 18.1. The number of aryl methyl sites for hydroxylation is 1. The van der Waals surface area contributed by atoms with Crippen molar-refractivity contribution in [2.45, 2.75) is 99.1 Å². The monoisotopic (exact) mass is 1340 g/mol. The number of unbranched alkanes of at least 4 members (excludes halogenated alkanes) is 5. The summed E-state index contributed by atoms with van der Waals surface area (Å²) in [5, 5.41) is 0. The van der Waals surface area contributed by atoms with Gasteiger partial charge in [0.2, 0.25) is 0 Å². The van der Waals surface area contributed by atoms with Crippen LogP contribution in [0.5, 0.6) is 11.5 Å². The van der Waals surface area contributed by atoms with E-state index < -0.39 is 7.60 Å². The zero-order valence-corrected chi connectivity index (χ0v) is 57.5. The van der Waals surface area contributed by atoms with Crippen molar-refractivity contribution < 1.29 is 23.1 Å². The molecule has 8 aromatic carbocycles. The van der Waals surface area contributed by atoms with Crippen molar-refractivity contribution in [2.75, 3.05) is 44.9 Å². The van der Waals surface area contributed by atoms with E-state index in [1.807, 2.05) is 32.0 Å². The van der Waals surface area contributed by atoms with Crippen LogP contribution in [0.4, 0.5) is 5.69 Å². The number of benzene rings is 8. The maximum Gasteiger partial charge on any atom is 0.335 e.